The maximum absolute atomic E-state index is 5.63. The van der Waals surface area contributed by atoms with Crippen LogP contribution in [0.1, 0.15) is 36.5 Å². The largest absolute Gasteiger partial charge is 0.496 e. The molecule has 0 aromatic heterocycles. The SMILES string of the molecule is CCN1CC2=C[C@@H](C)c3c(cc(C)cc3OC)CN2C1. The van der Waals surface area contributed by atoms with Crippen LogP contribution in [0.15, 0.2) is 23.9 Å². The van der Waals surface area contributed by atoms with Crippen LogP contribution in [-0.4, -0.2) is 36.7 Å². The minimum Gasteiger partial charge on any atom is -0.496 e. The van der Waals surface area contributed by atoms with Crippen LogP contribution in [0.2, 0.25) is 0 Å². The van der Waals surface area contributed by atoms with Gasteiger partial charge < -0.3 is 9.64 Å². The van der Waals surface area contributed by atoms with Gasteiger partial charge in [-0.3, -0.25) is 4.90 Å². The maximum Gasteiger partial charge on any atom is 0.123 e. The molecule has 108 valence electrons. The Hall–Kier alpha value is -1.48. The van der Waals surface area contributed by atoms with Gasteiger partial charge in [0, 0.05) is 30.3 Å². The highest BCUT2D eigenvalue weighted by atomic mass is 16.5. The number of nitrogens with zero attached hydrogens (tertiary/aromatic N) is 2. The first kappa shape index (κ1) is 13.5. The monoisotopic (exact) mass is 272 g/mol. The van der Waals surface area contributed by atoms with Gasteiger partial charge >= 0.3 is 0 Å². The average molecular weight is 272 g/mol. The van der Waals surface area contributed by atoms with E-state index < -0.39 is 0 Å². The van der Waals surface area contributed by atoms with Crippen LogP contribution in [0.5, 0.6) is 5.75 Å². The van der Waals surface area contributed by atoms with Crippen LogP contribution in [0.25, 0.3) is 0 Å². The van der Waals surface area contributed by atoms with Crippen molar-refractivity contribution in [2.75, 3.05) is 26.9 Å². The molecule has 1 atom stereocenters. The highest BCUT2D eigenvalue weighted by molar-refractivity contribution is 5.48. The summed E-state index contributed by atoms with van der Waals surface area (Å²) in [5.74, 6) is 1.45. The van der Waals surface area contributed by atoms with Gasteiger partial charge in [0.2, 0.25) is 0 Å². The number of fused-ring (bicyclic) bond motifs is 2. The number of likely N-dealkylation sites (N-methyl/N-ethyl adjacent to an activating group) is 1. The molecular weight excluding hydrogens is 248 g/mol. The standard InChI is InChI=1S/C17H24N2O/c1-5-18-10-15-8-13(3)17-14(9-19(15)11-18)6-12(2)7-16(17)20-4/h6-8,13H,5,9-11H2,1-4H3/t13-/m1/s1. The molecule has 0 amide bonds. The third kappa shape index (κ3) is 2.20. The smallest absolute Gasteiger partial charge is 0.123 e. The van der Waals surface area contributed by atoms with Gasteiger partial charge in [-0.05, 0) is 30.7 Å². The zero-order valence-corrected chi connectivity index (χ0v) is 12.9. The molecule has 1 fully saturated rings. The molecule has 0 saturated carbocycles. The van der Waals surface area contributed by atoms with E-state index in [9.17, 15) is 0 Å². The van der Waals surface area contributed by atoms with Crippen molar-refractivity contribution in [1.29, 1.82) is 0 Å². The van der Waals surface area contributed by atoms with E-state index in [0.717, 1.165) is 32.1 Å². The molecule has 0 unspecified atom stereocenters. The quantitative estimate of drug-likeness (QED) is 0.823. The lowest BCUT2D eigenvalue weighted by Gasteiger charge is -2.21. The second-order valence-electron chi connectivity index (χ2n) is 5.97. The van der Waals surface area contributed by atoms with E-state index in [1.54, 1.807) is 7.11 Å². The zero-order valence-electron chi connectivity index (χ0n) is 12.9. The van der Waals surface area contributed by atoms with Gasteiger partial charge in [0.15, 0.2) is 0 Å². The summed E-state index contributed by atoms with van der Waals surface area (Å²) in [4.78, 5) is 4.99. The number of aryl methyl sites for hydroxylation is 1. The number of rotatable bonds is 2. The summed E-state index contributed by atoms with van der Waals surface area (Å²) in [6, 6.07) is 4.47. The Morgan fingerprint density at radius 2 is 2.10 bits per heavy atom. The molecule has 3 nitrogen and oxygen atoms in total. The normalized spacial score (nSPS) is 22.1. The van der Waals surface area contributed by atoms with Crippen molar-refractivity contribution >= 4 is 0 Å². The Balaban J connectivity index is 2.04. The third-order valence-electron chi connectivity index (χ3n) is 4.46. The molecule has 3 heteroatoms. The van der Waals surface area contributed by atoms with Gasteiger partial charge in [0.1, 0.15) is 5.75 Å². The highest BCUT2D eigenvalue weighted by Crippen LogP contribution is 2.38. The highest BCUT2D eigenvalue weighted by Gasteiger charge is 2.29. The molecule has 0 bridgehead atoms. The van der Waals surface area contributed by atoms with Gasteiger partial charge in [-0.2, -0.15) is 0 Å². The molecule has 2 aliphatic rings. The lowest BCUT2D eigenvalue weighted by Crippen LogP contribution is -2.24. The Labute approximate surface area is 121 Å². The second kappa shape index (κ2) is 5.13. The fourth-order valence-corrected chi connectivity index (χ4v) is 3.46. The lowest BCUT2D eigenvalue weighted by atomic mass is 9.93. The predicted molar refractivity (Wildman–Crippen MR) is 81.9 cm³/mol. The molecule has 0 radical (unpaired) electrons. The van der Waals surface area contributed by atoms with Crippen LogP contribution < -0.4 is 4.74 Å². The van der Waals surface area contributed by atoms with E-state index >= 15 is 0 Å². The Kier molecular flexibility index (Phi) is 3.47. The van der Waals surface area contributed by atoms with Crippen LogP contribution in [0.4, 0.5) is 0 Å². The summed E-state index contributed by atoms with van der Waals surface area (Å²) in [5, 5.41) is 0. The minimum absolute atomic E-state index is 0.414. The number of hydrogen-bond acceptors (Lipinski definition) is 3. The van der Waals surface area contributed by atoms with Gasteiger partial charge in [0.25, 0.3) is 0 Å². The molecular formula is C17H24N2O. The number of methoxy groups -OCH3 is 1. The van der Waals surface area contributed by atoms with Crippen molar-refractivity contribution in [3.05, 3.63) is 40.6 Å². The van der Waals surface area contributed by atoms with Crippen molar-refractivity contribution in [2.24, 2.45) is 0 Å². The van der Waals surface area contributed by atoms with Gasteiger partial charge in [0.05, 0.1) is 13.8 Å². The molecule has 2 heterocycles. The number of hydrogen-bond donors (Lipinski definition) is 0. The van der Waals surface area contributed by atoms with Crippen molar-refractivity contribution in [2.45, 2.75) is 33.2 Å². The maximum atomic E-state index is 5.63. The van der Waals surface area contributed by atoms with Crippen LogP contribution >= 0.6 is 0 Å². The van der Waals surface area contributed by atoms with Crippen LogP contribution in [0, 0.1) is 6.92 Å². The van der Waals surface area contributed by atoms with Crippen molar-refractivity contribution in [3.63, 3.8) is 0 Å². The summed E-state index contributed by atoms with van der Waals surface area (Å²) in [7, 11) is 1.78. The Morgan fingerprint density at radius 1 is 1.30 bits per heavy atom. The van der Waals surface area contributed by atoms with Gasteiger partial charge in [-0.25, -0.2) is 0 Å². The van der Waals surface area contributed by atoms with Gasteiger partial charge in [-0.1, -0.05) is 26.0 Å². The van der Waals surface area contributed by atoms with Crippen LogP contribution in [-0.2, 0) is 6.54 Å². The number of ether oxygens (including phenoxy) is 1. The zero-order chi connectivity index (χ0) is 14.3. The van der Waals surface area contributed by atoms with E-state index in [4.69, 9.17) is 4.74 Å². The van der Waals surface area contributed by atoms with E-state index in [1.807, 2.05) is 0 Å². The second-order valence-corrected chi connectivity index (χ2v) is 5.97. The van der Waals surface area contributed by atoms with Crippen molar-refractivity contribution < 1.29 is 4.74 Å². The molecule has 1 aromatic rings. The third-order valence-corrected chi connectivity index (χ3v) is 4.46. The summed E-state index contributed by atoms with van der Waals surface area (Å²) < 4.78 is 5.63. The Bertz CT molecular complexity index is 550. The summed E-state index contributed by atoms with van der Waals surface area (Å²) in [6.45, 7) is 10.9. The molecule has 0 N–H and O–H groups in total. The number of benzene rings is 1. The summed E-state index contributed by atoms with van der Waals surface area (Å²) >= 11 is 0. The number of allylic oxidation sites excluding steroid dienone is 1. The fraction of sp³-hybridized carbons (Fsp3) is 0.529. The molecule has 20 heavy (non-hydrogen) atoms. The van der Waals surface area contributed by atoms with E-state index in [2.05, 4.69) is 48.8 Å². The fourth-order valence-electron chi connectivity index (χ4n) is 3.46. The summed E-state index contributed by atoms with van der Waals surface area (Å²) in [6.07, 6.45) is 2.42. The molecule has 1 aromatic carbocycles. The van der Waals surface area contributed by atoms with E-state index in [0.29, 0.717) is 5.92 Å². The van der Waals surface area contributed by atoms with Crippen molar-refractivity contribution in [3.8, 4) is 5.75 Å². The molecule has 1 saturated heterocycles. The van der Waals surface area contributed by atoms with Crippen LogP contribution in [0.3, 0.4) is 0 Å². The van der Waals surface area contributed by atoms with Crippen molar-refractivity contribution in [1.82, 2.24) is 9.80 Å². The molecule has 0 spiro atoms. The minimum atomic E-state index is 0.414. The molecule has 0 aliphatic carbocycles. The van der Waals surface area contributed by atoms with E-state index in [-0.39, 0.29) is 0 Å². The van der Waals surface area contributed by atoms with Gasteiger partial charge in [-0.15, -0.1) is 0 Å². The molecule has 3 rings (SSSR count). The average Bonchev–Trinajstić information content (AvgIpc) is 2.74. The molecule has 2 aliphatic heterocycles. The Morgan fingerprint density at radius 3 is 2.80 bits per heavy atom. The first-order valence-electron chi connectivity index (χ1n) is 7.47. The first-order chi connectivity index (χ1) is 9.62. The lowest BCUT2D eigenvalue weighted by molar-refractivity contribution is 0.259. The predicted octanol–water partition coefficient (Wildman–Crippen LogP) is 3.10. The first-order valence-corrected chi connectivity index (χ1v) is 7.47. The van der Waals surface area contributed by atoms with E-state index in [1.165, 1.54) is 22.4 Å². The topological polar surface area (TPSA) is 15.7 Å². The summed E-state index contributed by atoms with van der Waals surface area (Å²) in [5.41, 5.74) is 5.53.